The van der Waals surface area contributed by atoms with Crippen LogP contribution in [0.25, 0.3) is 6.08 Å². The lowest BCUT2D eigenvalue weighted by atomic mass is 10.2. The Bertz CT molecular complexity index is 714. The average molecular weight is 305 g/mol. The molecule has 0 radical (unpaired) electrons. The van der Waals surface area contributed by atoms with Gasteiger partial charge < -0.3 is 9.84 Å². The molecule has 0 saturated heterocycles. The van der Waals surface area contributed by atoms with E-state index in [0.717, 1.165) is 17.3 Å². The summed E-state index contributed by atoms with van der Waals surface area (Å²) in [5, 5.41) is 10.4. The first-order valence-corrected chi connectivity index (χ1v) is 7.23. The normalized spacial score (nSPS) is 10.9. The van der Waals surface area contributed by atoms with Crippen LogP contribution in [0.15, 0.2) is 40.5 Å². The summed E-state index contributed by atoms with van der Waals surface area (Å²) in [5.41, 5.74) is 1.67. The minimum absolute atomic E-state index is 0.00856. The van der Waals surface area contributed by atoms with Gasteiger partial charge in [-0.3, -0.25) is 9.36 Å². The molecule has 2 aromatic rings. The van der Waals surface area contributed by atoms with Crippen LogP contribution in [-0.4, -0.2) is 22.2 Å². The molecule has 1 aromatic heterocycles. The number of carbonyl (C=O) groups is 1. The summed E-state index contributed by atoms with van der Waals surface area (Å²) in [7, 11) is 0. The molecule has 21 heavy (non-hydrogen) atoms. The van der Waals surface area contributed by atoms with E-state index in [1.807, 2.05) is 12.3 Å². The fraction of sp³-hybridized carbons (Fsp3) is 0.200. The number of hydrogen-bond donors (Lipinski definition) is 1. The summed E-state index contributed by atoms with van der Waals surface area (Å²) in [6.07, 6.45) is 2.58. The zero-order chi connectivity index (χ0) is 15.2. The van der Waals surface area contributed by atoms with E-state index >= 15 is 0 Å². The van der Waals surface area contributed by atoms with E-state index in [1.54, 1.807) is 28.8 Å². The summed E-state index contributed by atoms with van der Waals surface area (Å²) < 4.78 is 7.27. The van der Waals surface area contributed by atoms with Crippen molar-refractivity contribution in [3.63, 3.8) is 0 Å². The molecule has 0 aliphatic rings. The molecular formula is C15H15NO4S. The maximum absolute atomic E-state index is 11.5. The Kier molecular flexibility index (Phi) is 4.94. The fourth-order valence-electron chi connectivity index (χ4n) is 1.80. The topological polar surface area (TPSA) is 68.5 Å². The number of aryl methyl sites for hydroxylation is 1. The van der Waals surface area contributed by atoms with E-state index in [0.29, 0.717) is 18.9 Å². The summed E-state index contributed by atoms with van der Waals surface area (Å²) in [4.78, 5) is 22.0. The van der Waals surface area contributed by atoms with E-state index < -0.39 is 5.97 Å². The van der Waals surface area contributed by atoms with Crippen molar-refractivity contribution in [2.24, 2.45) is 0 Å². The van der Waals surface area contributed by atoms with Crippen LogP contribution in [0.1, 0.15) is 11.3 Å². The van der Waals surface area contributed by atoms with E-state index in [2.05, 4.69) is 0 Å². The van der Waals surface area contributed by atoms with Gasteiger partial charge in [-0.25, -0.2) is 4.79 Å². The van der Waals surface area contributed by atoms with Gasteiger partial charge in [0, 0.05) is 17.2 Å². The molecule has 1 aromatic carbocycles. The third-order valence-electron chi connectivity index (χ3n) is 2.84. The van der Waals surface area contributed by atoms with Crippen molar-refractivity contribution in [2.45, 2.75) is 13.5 Å². The molecule has 5 nitrogen and oxygen atoms in total. The van der Waals surface area contributed by atoms with Gasteiger partial charge in [0.1, 0.15) is 12.4 Å². The van der Waals surface area contributed by atoms with Crippen LogP contribution in [0.3, 0.4) is 0 Å². The molecule has 0 aliphatic heterocycles. The maximum Gasteiger partial charge on any atom is 0.328 e. The number of carboxylic acid groups (broad SMARTS) is 1. The molecule has 0 fully saturated rings. The predicted molar refractivity (Wildman–Crippen MR) is 81.9 cm³/mol. The maximum atomic E-state index is 11.5. The number of aromatic nitrogens is 1. The van der Waals surface area contributed by atoms with E-state index in [9.17, 15) is 9.59 Å². The first-order valence-electron chi connectivity index (χ1n) is 6.35. The van der Waals surface area contributed by atoms with Gasteiger partial charge in [0.15, 0.2) is 0 Å². The zero-order valence-electron chi connectivity index (χ0n) is 11.5. The number of ether oxygens (including phenoxy) is 1. The van der Waals surface area contributed by atoms with Gasteiger partial charge >= 0.3 is 10.8 Å². The van der Waals surface area contributed by atoms with Crippen LogP contribution in [0.4, 0.5) is 0 Å². The molecule has 1 N–H and O–H groups in total. The van der Waals surface area contributed by atoms with Gasteiger partial charge in [0.05, 0.1) is 6.54 Å². The third kappa shape index (κ3) is 4.32. The molecule has 0 spiro atoms. The standard InChI is InChI=1S/C15H15NO4S/c1-11-10-21-15(19)16(11)7-8-20-13-4-2-3-12(9-13)5-6-14(17)18/h2-6,9-10H,7-8H2,1H3,(H,17,18). The quantitative estimate of drug-likeness (QED) is 0.832. The molecule has 2 rings (SSSR count). The van der Waals surface area contributed by atoms with Crippen molar-refractivity contribution in [1.29, 1.82) is 0 Å². The van der Waals surface area contributed by atoms with Gasteiger partial charge in [-0.15, -0.1) is 0 Å². The van der Waals surface area contributed by atoms with Crippen LogP contribution in [-0.2, 0) is 11.3 Å². The van der Waals surface area contributed by atoms with Crippen molar-refractivity contribution < 1.29 is 14.6 Å². The SMILES string of the molecule is Cc1csc(=O)n1CCOc1cccc(C=CC(=O)O)c1. The van der Waals surface area contributed by atoms with Crippen molar-refractivity contribution >= 4 is 23.4 Å². The number of carboxylic acids is 1. The first kappa shape index (κ1) is 15.1. The highest BCUT2D eigenvalue weighted by Gasteiger charge is 2.02. The highest BCUT2D eigenvalue weighted by atomic mass is 32.1. The van der Waals surface area contributed by atoms with Crippen molar-refractivity contribution in [3.05, 3.63) is 56.6 Å². The number of hydrogen-bond acceptors (Lipinski definition) is 4. The van der Waals surface area contributed by atoms with Gasteiger partial charge in [0.2, 0.25) is 0 Å². The lowest BCUT2D eigenvalue weighted by Crippen LogP contribution is -2.18. The molecule has 0 aliphatic carbocycles. The molecule has 110 valence electrons. The highest BCUT2D eigenvalue weighted by Crippen LogP contribution is 2.14. The summed E-state index contributed by atoms with van der Waals surface area (Å²) in [6.45, 7) is 2.75. The third-order valence-corrected chi connectivity index (χ3v) is 3.72. The Hall–Kier alpha value is -2.34. The number of nitrogens with zero attached hydrogens (tertiary/aromatic N) is 1. The van der Waals surface area contributed by atoms with Crippen LogP contribution in [0, 0.1) is 6.92 Å². The molecule has 0 bridgehead atoms. The molecule has 0 atom stereocenters. The lowest BCUT2D eigenvalue weighted by Gasteiger charge is -2.08. The van der Waals surface area contributed by atoms with E-state index in [4.69, 9.17) is 9.84 Å². The van der Waals surface area contributed by atoms with Crippen LogP contribution >= 0.6 is 11.3 Å². The second kappa shape index (κ2) is 6.90. The Morgan fingerprint density at radius 2 is 2.29 bits per heavy atom. The second-order valence-corrected chi connectivity index (χ2v) is 5.21. The first-order chi connectivity index (χ1) is 10.1. The smallest absolute Gasteiger partial charge is 0.328 e. The predicted octanol–water partition coefficient (Wildman–Crippen LogP) is 2.40. The minimum Gasteiger partial charge on any atom is -0.492 e. The Morgan fingerprint density at radius 1 is 1.48 bits per heavy atom. The Balaban J connectivity index is 1.96. The number of rotatable bonds is 6. The molecule has 0 unspecified atom stereocenters. The number of benzene rings is 1. The number of thiazole rings is 1. The molecule has 0 amide bonds. The largest absolute Gasteiger partial charge is 0.492 e. The molecule has 1 heterocycles. The van der Waals surface area contributed by atoms with Crippen LogP contribution < -0.4 is 9.61 Å². The fourth-order valence-corrected chi connectivity index (χ4v) is 2.57. The molecule has 6 heteroatoms. The molecular weight excluding hydrogens is 290 g/mol. The van der Waals surface area contributed by atoms with Gasteiger partial charge in [-0.2, -0.15) is 0 Å². The van der Waals surface area contributed by atoms with Crippen LogP contribution in [0.2, 0.25) is 0 Å². The lowest BCUT2D eigenvalue weighted by molar-refractivity contribution is -0.131. The molecule has 0 saturated carbocycles. The minimum atomic E-state index is -0.992. The van der Waals surface area contributed by atoms with Crippen LogP contribution in [0.5, 0.6) is 5.75 Å². The Labute approximate surface area is 125 Å². The van der Waals surface area contributed by atoms with Crippen molar-refractivity contribution in [1.82, 2.24) is 4.57 Å². The van der Waals surface area contributed by atoms with E-state index in [1.165, 1.54) is 17.4 Å². The summed E-state index contributed by atoms with van der Waals surface area (Å²) >= 11 is 1.18. The van der Waals surface area contributed by atoms with Crippen molar-refractivity contribution in [3.8, 4) is 5.75 Å². The zero-order valence-corrected chi connectivity index (χ0v) is 12.3. The van der Waals surface area contributed by atoms with Gasteiger partial charge in [-0.1, -0.05) is 23.5 Å². The second-order valence-electron chi connectivity index (χ2n) is 4.39. The van der Waals surface area contributed by atoms with E-state index in [-0.39, 0.29) is 4.87 Å². The monoisotopic (exact) mass is 305 g/mol. The number of aliphatic carboxylic acids is 1. The van der Waals surface area contributed by atoms with Gasteiger partial charge in [-0.05, 0) is 30.7 Å². The van der Waals surface area contributed by atoms with Crippen molar-refractivity contribution in [2.75, 3.05) is 6.61 Å². The Morgan fingerprint density at radius 3 is 2.95 bits per heavy atom. The summed E-state index contributed by atoms with van der Waals surface area (Å²) in [6, 6.07) is 7.13. The van der Waals surface area contributed by atoms with Gasteiger partial charge in [0.25, 0.3) is 0 Å². The summed E-state index contributed by atoms with van der Waals surface area (Å²) in [5.74, 6) is -0.350. The highest BCUT2D eigenvalue weighted by molar-refractivity contribution is 7.07. The average Bonchev–Trinajstić information content (AvgIpc) is 2.77.